The number of halogens is 10. The molecule has 752 valence electrons. The smallest absolute Gasteiger partial charge is 0.231 e. The molecular weight excluding hydrogens is 2000 g/mol. The number of alkyl halides is 4. The standard InChI is InChI=1S/C15H15ClFN3O2.C15H16ClN3O2.2C14H13ClFN3O2.C14H14ClN3O2.C14H15N3O2.C13H11ClFN3O2/c1-15(2,17)10-3-7(10)8-4-11(19-20-14(8)16)9-6-18-13(22)5-12(9)21;1-15(2)5-8(6-15)9-3-11(18-19-14(9)16)10-7-17-13(21)4-12(10)20;1-14(16)4-7(5-14)8-2-10(18-19-13(8)15)9-6-17-12(21)3-11(9)20;1-6(16)7-2-8(7)9-3-11(18-19-14(9)15)10-5-17-13(21)4-12(10)20;15-14-9(8-3-1-2-4-8)5-11(17-18-14)10-7-16-13(20)6-12(10)19;1-8-10(9-3-2-4-9)5-12(17-16-8)11-7-15-14(19)6-13(11)18;1-13(15)4-8(13)6-2-9(17-18-12(6)14)7-5-16-11(20)3-10(7)19/h4,6-7,10H,3,5H2,1-2H3,(H,18,22);3,7-8H,4-6H2,1-2H3,(H,17,21);2,6-7H,3-5H2,1H3,(H,17,21);3,5-8H,2,4H2,1H3,(H,17,21);5,7-8H,1-4,6H2,(H,16,20);5,7,9H,2-4,6H2,1H3,(H,15,19);2,5,8H,3-4H2,1H3,(H,16,20)/t7-,10+;;;6?,7-,8+;;;8-,13?/m1..1..1/s1. The van der Waals surface area contributed by atoms with Crippen molar-refractivity contribution in [3.8, 4) is 0 Å². The van der Waals surface area contributed by atoms with E-state index in [1.807, 2.05) is 25.1 Å². The number of nitrogens with zero attached hydrogens (tertiary/aromatic N) is 14. The largest absolute Gasteiger partial charge is 0.331 e. The molecule has 0 saturated heterocycles. The van der Waals surface area contributed by atoms with Gasteiger partial charge in [-0.3, -0.25) is 67.1 Å². The predicted molar refractivity (Wildman–Crippen MR) is 519 cm³/mol. The van der Waals surface area contributed by atoms with Crippen molar-refractivity contribution >= 4 is 190 Å². The summed E-state index contributed by atoms with van der Waals surface area (Å²) in [5, 5.41) is 74.3. The fourth-order valence-electron chi connectivity index (χ4n) is 18.8. The number of nitrogens with one attached hydrogen (secondary N) is 7. The molecule has 7 fully saturated rings. The molecule has 7 aromatic heterocycles. The van der Waals surface area contributed by atoms with Crippen molar-refractivity contribution in [2.24, 2.45) is 17.3 Å². The molecule has 144 heavy (non-hydrogen) atoms. The van der Waals surface area contributed by atoms with Gasteiger partial charge in [0.15, 0.2) is 71.4 Å². The maximum Gasteiger partial charge on any atom is 0.231 e. The summed E-state index contributed by atoms with van der Waals surface area (Å²) in [6.45, 7) is 14.0. The maximum atomic E-state index is 14.0. The monoisotopic (exact) mass is 2090 g/mol. The summed E-state index contributed by atoms with van der Waals surface area (Å²) < 4.78 is 54.8. The Bertz CT molecular complexity index is 6410. The van der Waals surface area contributed by atoms with Gasteiger partial charge >= 0.3 is 0 Å². The number of hydrogen-bond acceptors (Lipinski definition) is 28. The summed E-state index contributed by atoms with van der Waals surface area (Å²) in [7, 11) is 0. The van der Waals surface area contributed by atoms with E-state index in [-0.39, 0.29) is 188 Å². The number of aromatic nitrogens is 14. The Morgan fingerprint density at radius 2 is 0.583 bits per heavy atom. The number of allylic oxidation sites excluding steroid dienone is 7. The van der Waals surface area contributed by atoms with Gasteiger partial charge in [0.05, 0.1) is 130 Å². The highest BCUT2D eigenvalue weighted by Crippen LogP contribution is 2.59. The van der Waals surface area contributed by atoms with Crippen LogP contribution in [0.3, 0.4) is 0 Å². The zero-order chi connectivity index (χ0) is 104. The molecule has 7 N–H and O–H groups in total. The van der Waals surface area contributed by atoms with Crippen LogP contribution in [-0.2, 0) is 67.1 Å². The van der Waals surface area contributed by atoms with E-state index in [1.165, 1.54) is 94.9 Å². The Morgan fingerprint density at radius 3 is 0.840 bits per heavy atom. The van der Waals surface area contributed by atoms with Gasteiger partial charge in [-0.05, 0) is 246 Å². The lowest BCUT2D eigenvalue weighted by Gasteiger charge is -2.43. The van der Waals surface area contributed by atoms with Crippen LogP contribution in [0.2, 0.25) is 30.9 Å². The molecule has 7 saturated carbocycles. The third-order valence-corrected chi connectivity index (χ3v) is 29.0. The lowest BCUT2D eigenvalue weighted by atomic mass is 9.62. The summed E-state index contributed by atoms with van der Waals surface area (Å²) >= 11 is 36.3. The van der Waals surface area contributed by atoms with E-state index in [4.69, 9.17) is 69.6 Å². The summed E-state index contributed by atoms with van der Waals surface area (Å²) in [5.74, 6) is -3.44. The van der Waals surface area contributed by atoms with E-state index in [9.17, 15) is 84.7 Å². The van der Waals surface area contributed by atoms with Gasteiger partial charge in [-0.25, -0.2) is 17.6 Å². The Kier molecular flexibility index (Phi) is 31.9. The second kappa shape index (κ2) is 43.6. The molecular formula is C99H97Cl6F4N21O14. The summed E-state index contributed by atoms with van der Waals surface area (Å²) in [6.07, 6.45) is 20.2. The first-order chi connectivity index (χ1) is 68.1. The van der Waals surface area contributed by atoms with Crippen LogP contribution in [-0.4, -0.2) is 176 Å². The van der Waals surface area contributed by atoms with Crippen molar-refractivity contribution in [3.05, 3.63) is 201 Å². The SMILES string of the molecule is CC(C)(F)[C@H]1C[C@@H]1c1cc(C2=CNC(=O)CC2=O)nnc1Cl.CC(F)[C@H]1C[C@@H]1c1cc(C2=CNC(=O)CC2=O)nnc1Cl.CC1(C)CC(c2cc(C3=CNC(=O)CC3=O)nnc2Cl)C1.CC1(F)CC(c2cc(C3=CNC(=O)CC3=O)nnc2Cl)C1.CC1(F)C[C@@H]1c1cc(C2=CNC(=O)CC2=O)nnc1Cl.Cc1nnc(C2=CNC(=O)CC2=O)cc1C1CCC1.O=C1CC(=O)C(c2cc(C3CCCC3)c(Cl)nn2)=CN1. The van der Waals surface area contributed by atoms with Crippen molar-refractivity contribution in [3.63, 3.8) is 0 Å². The second-order valence-corrected chi connectivity index (χ2v) is 41.5. The van der Waals surface area contributed by atoms with Gasteiger partial charge in [0.1, 0.15) is 23.2 Å². The number of rotatable bonds is 16. The van der Waals surface area contributed by atoms with Crippen LogP contribution in [0.25, 0.3) is 39.0 Å². The molecule has 45 heteroatoms. The first-order valence-electron chi connectivity index (χ1n) is 46.6. The van der Waals surface area contributed by atoms with Crippen molar-refractivity contribution in [1.82, 2.24) is 109 Å². The Balaban J connectivity index is 0.000000126. The number of aryl methyl sites for hydroxylation is 1. The van der Waals surface area contributed by atoms with Gasteiger partial charge in [0.25, 0.3) is 0 Å². The van der Waals surface area contributed by atoms with Gasteiger partial charge in [-0.15, -0.1) is 61.2 Å². The van der Waals surface area contributed by atoms with E-state index in [1.54, 1.807) is 45.0 Å². The first kappa shape index (κ1) is 105. The molecule has 0 radical (unpaired) electrons. The molecule has 7 aliphatic heterocycles. The minimum Gasteiger partial charge on any atom is -0.331 e. The van der Waals surface area contributed by atoms with E-state index < -0.39 is 23.2 Å². The van der Waals surface area contributed by atoms with E-state index in [0.717, 1.165) is 42.5 Å². The lowest BCUT2D eigenvalue weighted by Crippen LogP contribution is -2.35. The summed E-state index contributed by atoms with van der Waals surface area (Å²) in [5.41, 5.74) is 8.52. The quantitative estimate of drug-likeness (QED) is 0.0349. The minimum atomic E-state index is -1.29. The number of amides is 7. The van der Waals surface area contributed by atoms with Crippen LogP contribution in [0, 0.1) is 24.2 Å². The fraction of sp³-hybridized carbons (Fsp3) is 0.434. The van der Waals surface area contributed by atoms with Crippen LogP contribution in [0.5, 0.6) is 0 Å². The molecule has 7 atom stereocenters. The molecule has 7 aliphatic carbocycles. The molecule has 0 bridgehead atoms. The van der Waals surface area contributed by atoms with Crippen molar-refractivity contribution in [2.75, 3.05) is 0 Å². The normalized spacial score (nSPS) is 24.3. The summed E-state index contributed by atoms with van der Waals surface area (Å²) in [6, 6.07) is 12.2. The molecule has 14 heterocycles. The molecule has 0 aromatic carbocycles. The number of hydrogen-bond donors (Lipinski definition) is 7. The molecule has 14 aliphatic rings. The Hall–Kier alpha value is -12.8. The number of carbonyl (C=O) groups is 14. The van der Waals surface area contributed by atoms with Crippen molar-refractivity contribution in [2.45, 2.75) is 255 Å². The third-order valence-electron chi connectivity index (χ3n) is 27.2. The van der Waals surface area contributed by atoms with E-state index >= 15 is 0 Å². The van der Waals surface area contributed by atoms with Gasteiger partial charge in [0, 0.05) is 49.3 Å². The van der Waals surface area contributed by atoms with Gasteiger partial charge in [0.2, 0.25) is 41.4 Å². The van der Waals surface area contributed by atoms with E-state index in [2.05, 4.69) is 122 Å². The Morgan fingerprint density at radius 1 is 0.333 bits per heavy atom. The van der Waals surface area contributed by atoms with Crippen molar-refractivity contribution in [1.29, 1.82) is 0 Å². The number of Topliss-reactive ketones (excluding diaryl/α,β-unsaturated/α-hetero) is 7. The van der Waals surface area contributed by atoms with E-state index in [0.29, 0.717) is 161 Å². The fourth-order valence-corrected chi connectivity index (χ4v) is 20.2. The molecule has 0 spiro atoms. The van der Waals surface area contributed by atoms with Gasteiger partial charge < -0.3 is 37.2 Å². The number of carbonyl (C=O) groups excluding carboxylic acids is 14. The van der Waals surface area contributed by atoms with Crippen LogP contribution >= 0.6 is 69.6 Å². The zero-order valence-corrected chi connectivity index (χ0v) is 83.5. The number of ketones is 7. The van der Waals surface area contributed by atoms with Gasteiger partial charge in [-0.1, -0.05) is 103 Å². The van der Waals surface area contributed by atoms with Gasteiger partial charge in [-0.2, -0.15) is 10.2 Å². The minimum absolute atomic E-state index is 0.0145. The Labute approximate surface area is 851 Å². The average Bonchev–Trinajstić information content (AvgIpc) is 1.57. The lowest BCUT2D eigenvalue weighted by molar-refractivity contribution is -0.127. The zero-order valence-electron chi connectivity index (χ0n) is 79.0. The topological polar surface area (TPSA) is 504 Å². The summed E-state index contributed by atoms with van der Waals surface area (Å²) in [4.78, 5) is 161. The second-order valence-electron chi connectivity index (χ2n) is 39.3. The predicted octanol–water partition coefficient (Wildman–Crippen LogP) is 14.5. The maximum absolute atomic E-state index is 14.0. The molecule has 21 rings (SSSR count). The molecule has 2 unspecified atom stereocenters. The van der Waals surface area contributed by atoms with Crippen LogP contribution in [0.1, 0.15) is 309 Å². The average molecular weight is 2090 g/mol. The molecule has 7 aromatic rings. The first-order valence-corrected chi connectivity index (χ1v) is 48.9. The van der Waals surface area contributed by atoms with Crippen LogP contribution < -0.4 is 37.2 Å². The highest BCUT2D eigenvalue weighted by Gasteiger charge is 2.54. The van der Waals surface area contributed by atoms with Crippen LogP contribution in [0.15, 0.2) is 85.9 Å². The highest BCUT2D eigenvalue weighted by atomic mass is 35.5. The molecule has 35 nitrogen and oxygen atoms in total. The van der Waals surface area contributed by atoms with Crippen molar-refractivity contribution < 1.29 is 84.7 Å². The highest BCUT2D eigenvalue weighted by molar-refractivity contribution is 6.35. The third kappa shape index (κ3) is 25.4. The van der Waals surface area contributed by atoms with Crippen LogP contribution in [0.4, 0.5) is 17.6 Å². The molecule has 7 amide bonds.